The van der Waals surface area contributed by atoms with Crippen LogP contribution in [0.3, 0.4) is 0 Å². The van der Waals surface area contributed by atoms with Gasteiger partial charge in [-0.25, -0.2) is 13.1 Å². The molecule has 5 nitrogen and oxygen atoms in total. The molecule has 6 heteroatoms. The first-order valence-electron chi connectivity index (χ1n) is 6.94. The molecule has 0 bridgehead atoms. The number of aromatic nitrogens is 2. The van der Waals surface area contributed by atoms with Crippen LogP contribution in [0.25, 0.3) is 0 Å². The van der Waals surface area contributed by atoms with Gasteiger partial charge in [-0.3, -0.25) is 0 Å². The van der Waals surface area contributed by atoms with Gasteiger partial charge in [-0.2, -0.15) is 5.10 Å². The van der Waals surface area contributed by atoms with Gasteiger partial charge < -0.3 is 5.73 Å². The van der Waals surface area contributed by atoms with Crippen LogP contribution >= 0.6 is 0 Å². The normalized spacial score (nSPS) is 27.6. The SMILES string of the molecule is Cc1c(C(C)C2CC2)nn(C2CCS(=O)(=O)C2)c1N. The number of rotatable bonds is 3. The lowest BCUT2D eigenvalue weighted by Crippen LogP contribution is -2.15. The average molecular weight is 283 g/mol. The number of anilines is 1. The highest BCUT2D eigenvalue weighted by atomic mass is 32.2. The molecule has 2 atom stereocenters. The monoisotopic (exact) mass is 283 g/mol. The number of hydrogen-bond donors (Lipinski definition) is 1. The Morgan fingerprint density at radius 3 is 2.58 bits per heavy atom. The van der Waals surface area contributed by atoms with Crippen molar-refractivity contribution in [3.05, 3.63) is 11.3 Å². The Morgan fingerprint density at radius 2 is 2.05 bits per heavy atom. The van der Waals surface area contributed by atoms with Gasteiger partial charge in [0.2, 0.25) is 0 Å². The molecule has 2 aliphatic rings. The van der Waals surface area contributed by atoms with Crippen LogP contribution in [0.2, 0.25) is 0 Å². The van der Waals surface area contributed by atoms with E-state index in [1.807, 2.05) is 6.92 Å². The van der Waals surface area contributed by atoms with Crippen molar-refractivity contribution in [3.63, 3.8) is 0 Å². The summed E-state index contributed by atoms with van der Waals surface area (Å²) in [6, 6.07) is -0.0798. The molecule has 1 aliphatic heterocycles. The molecule has 3 rings (SSSR count). The van der Waals surface area contributed by atoms with Gasteiger partial charge in [0, 0.05) is 11.5 Å². The molecule has 19 heavy (non-hydrogen) atoms. The Balaban J connectivity index is 1.92. The second-order valence-electron chi connectivity index (χ2n) is 6.02. The molecule has 1 saturated heterocycles. The molecule has 1 aromatic rings. The minimum Gasteiger partial charge on any atom is -0.384 e. The molecule has 2 heterocycles. The highest BCUT2D eigenvalue weighted by Crippen LogP contribution is 2.43. The highest BCUT2D eigenvalue weighted by Gasteiger charge is 2.35. The third kappa shape index (κ3) is 2.26. The van der Waals surface area contributed by atoms with Crippen LogP contribution in [0.5, 0.6) is 0 Å². The molecule has 0 aromatic carbocycles. The third-order valence-electron chi connectivity index (χ3n) is 4.55. The minimum absolute atomic E-state index is 0.0798. The van der Waals surface area contributed by atoms with Crippen molar-refractivity contribution in [2.24, 2.45) is 5.92 Å². The summed E-state index contributed by atoms with van der Waals surface area (Å²) in [4.78, 5) is 0. The molecule has 106 valence electrons. The molecule has 1 saturated carbocycles. The summed E-state index contributed by atoms with van der Waals surface area (Å²) in [7, 11) is -2.90. The van der Waals surface area contributed by atoms with E-state index in [1.165, 1.54) is 12.8 Å². The molecule has 1 aliphatic carbocycles. The molecule has 2 unspecified atom stereocenters. The fourth-order valence-electron chi connectivity index (χ4n) is 3.05. The summed E-state index contributed by atoms with van der Waals surface area (Å²) in [5.41, 5.74) is 8.23. The number of nitrogen functional groups attached to an aromatic ring is 1. The molecule has 0 spiro atoms. The predicted molar refractivity (Wildman–Crippen MR) is 74.8 cm³/mol. The maximum absolute atomic E-state index is 11.6. The van der Waals surface area contributed by atoms with Crippen LogP contribution < -0.4 is 5.73 Å². The van der Waals surface area contributed by atoms with Gasteiger partial charge in [-0.05, 0) is 32.1 Å². The predicted octanol–water partition coefficient (Wildman–Crippen LogP) is 1.65. The summed E-state index contributed by atoms with van der Waals surface area (Å²) in [5.74, 6) is 2.24. The summed E-state index contributed by atoms with van der Waals surface area (Å²) < 4.78 is 24.9. The molecule has 2 fully saturated rings. The largest absolute Gasteiger partial charge is 0.384 e. The Kier molecular flexibility index (Phi) is 2.89. The lowest BCUT2D eigenvalue weighted by atomic mass is 9.99. The molecule has 0 radical (unpaired) electrons. The van der Waals surface area contributed by atoms with E-state index in [-0.39, 0.29) is 17.5 Å². The smallest absolute Gasteiger partial charge is 0.152 e. The fourth-order valence-corrected chi connectivity index (χ4v) is 4.74. The van der Waals surface area contributed by atoms with E-state index in [0.717, 1.165) is 17.2 Å². The lowest BCUT2D eigenvalue weighted by Gasteiger charge is -2.10. The Labute approximate surface area is 114 Å². The van der Waals surface area contributed by atoms with Crippen molar-refractivity contribution >= 4 is 15.7 Å². The van der Waals surface area contributed by atoms with Gasteiger partial charge in [0.05, 0.1) is 23.2 Å². The number of hydrogen-bond acceptors (Lipinski definition) is 4. The fraction of sp³-hybridized carbons (Fsp3) is 0.769. The minimum atomic E-state index is -2.90. The topological polar surface area (TPSA) is 78.0 Å². The second kappa shape index (κ2) is 4.23. The van der Waals surface area contributed by atoms with Gasteiger partial charge in [0.1, 0.15) is 5.82 Å². The van der Waals surface area contributed by atoms with Crippen molar-refractivity contribution in [3.8, 4) is 0 Å². The molecular weight excluding hydrogens is 262 g/mol. The van der Waals surface area contributed by atoms with Gasteiger partial charge in [0.25, 0.3) is 0 Å². The van der Waals surface area contributed by atoms with Gasteiger partial charge in [-0.15, -0.1) is 0 Å². The Hall–Kier alpha value is -1.04. The maximum Gasteiger partial charge on any atom is 0.152 e. The zero-order chi connectivity index (χ0) is 13.8. The van der Waals surface area contributed by atoms with Crippen LogP contribution in [0, 0.1) is 12.8 Å². The quantitative estimate of drug-likeness (QED) is 0.915. The van der Waals surface area contributed by atoms with E-state index in [1.54, 1.807) is 4.68 Å². The number of nitrogens with two attached hydrogens (primary N) is 1. The standard InChI is InChI=1S/C13H21N3O2S/c1-8(10-3-4-10)12-9(2)13(14)16(15-12)11-5-6-19(17,18)7-11/h8,10-11H,3-7,14H2,1-2H3. The molecule has 2 N–H and O–H groups in total. The Bertz CT molecular complexity index is 602. The van der Waals surface area contributed by atoms with E-state index in [4.69, 9.17) is 5.73 Å². The van der Waals surface area contributed by atoms with E-state index in [9.17, 15) is 8.42 Å². The second-order valence-corrected chi connectivity index (χ2v) is 8.25. The van der Waals surface area contributed by atoms with E-state index >= 15 is 0 Å². The average Bonchev–Trinajstić information content (AvgIpc) is 3.07. The summed E-state index contributed by atoms with van der Waals surface area (Å²) in [6.07, 6.45) is 3.17. The summed E-state index contributed by atoms with van der Waals surface area (Å²) in [6.45, 7) is 4.19. The van der Waals surface area contributed by atoms with Crippen molar-refractivity contribution in [2.75, 3.05) is 17.2 Å². The van der Waals surface area contributed by atoms with E-state index < -0.39 is 9.84 Å². The first-order valence-corrected chi connectivity index (χ1v) is 8.76. The first-order chi connectivity index (χ1) is 8.89. The van der Waals surface area contributed by atoms with Gasteiger partial charge >= 0.3 is 0 Å². The van der Waals surface area contributed by atoms with Gasteiger partial charge in [-0.1, -0.05) is 6.92 Å². The van der Waals surface area contributed by atoms with Crippen molar-refractivity contribution in [2.45, 2.75) is 45.1 Å². The summed E-state index contributed by atoms with van der Waals surface area (Å²) >= 11 is 0. The van der Waals surface area contributed by atoms with Crippen molar-refractivity contribution in [1.29, 1.82) is 0 Å². The zero-order valence-corrected chi connectivity index (χ0v) is 12.3. The Morgan fingerprint density at radius 1 is 1.37 bits per heavy atom. The van der Waals surface area contributed by atoms with E-state index in [0.29, 0.717) is 18.2 Å². The van der Waals surface area contributed by atoms with Gasteiger partial charge in [0.15, 0.2) is 9.84 Å². The lowest BCUT2D eigenvalue weighted by molar-refractivity contribution is 0.493. The van der Waals surface area contributed by atoms with Crippen LogP contribution in [0.15, 0.2) is 0 Å². The highest BCUT2D eigenvalue weighted by molar-refractivity contribution is 7.91. The third-order valence-corrected chi connectivity index (χ3v) is 6.30. The number of sulfone groups is 1. The first kappa shape index (κ1) is 13.0. The summed E-state index contributed by atoms with van der Waals surface area (Å²) in [5, 5.41) is 4.65. The van der Waals surface area contributed by atoms with E-state index in [2.05, 4.69) is 12.0 Å². The van der Waals surface area contributed by atoms with Crippen LogP contribution in [-0.4, -0.2) is 29.7 Å². The van der Waals surface area contributed by atoms with Crippen molar-refractivity contribution < 1.29 is 8.42 Å². The maximum atomic E-state index is 11.6. The molecular formula is C13H21N3O2S. The van der Waals surface area contributed by atoms with Crippen LogP contribution in [-0.2, 0) is 9.84 Å². The molecule has 0 amide bonds. The van der Waals surface area contributed by atoms with Crippen LogP contribution in [0.1, 0.15) is 49.4 Å². The number of nitrogens with zero attached hydrogens (tertiary/aromatic N) is 2. The zero-order valence-electron chi connectivity index (χ0n) is 11.5. The molecule has 1 aromatic heterocycles. The van der Waals surface area contributed by atoms with Crippen LogP contribution in [0.4, 0.5) is 5.82 Å². The van der Waals surface area contributed by atoms with Crippen molar-refractivity contribution in [1.82, 2.24) is 9.78 Å².